The van der Waals surface area contributed by atoms with Crippen molar-refractivity contribution in [3.63, 3.8) is 0 Å². The second-order valence-corrected chi connectivity index (χ2v) is 11.1. The largest absolute Gasteiger partial charge is 0.494 e. The van der Waals surface area contributed by atoms with Gasteiger partial charge in [-0.2, -0.15) is 0 Å². The number of nitrogens with zero attached hydrogens (tertiary/aromatic N) is 1. The molecular weight excluding hydrogens is 389 g/mol. The normalized spacial score (nSPS) is 30.7. The van der Waals surface area contributed by atoms with Crippen LogP contribution in [0.15, 0.2) is 24.3 Å². The second kappa shape index (κ2) is 7.60. The van der Waals surface area contributed by atoms with Gasteiger partial charge in [0.15, 0.2) is 0 Å². The van der Waals surface area contributed by atoms with Crippen LogP contribution in [0.5, 0.6) is 0 Å². The molecule has 5 nitrogen and oxygen atoms in total. The van der Waals surface area contributed by atoms with Crippen LogP contribution in [0.3, 0.4) is 0 Å². The molecule has 1 spiro atoms. The molecule has 0 N–H and O–H groups in total. The highest BCUT2D eigenvalue weighted by molar-refractivity contribution is 6.62. The van der Waals surface area contributed by atoms with E-state index in [-0.39, 0.29) is 30.3 Å². The van der Waals surface area contributed by atoms with Gasteiger partial charge in [-0.05, 0) is 82.2 Å². The Morgan fingerprint density at radius 1 is 1.06 bits per heavy atom. The van der Waals surface area contributed by atoms with Gasteiger partial charge in [0.2, 0.25) is 5.91 Å². The Labute approximate surface area is 186 Å². The van der Waals surface area contributed by atoms with E-state index in [1.807, 2.05) is 0 Å². The van der Waals surface area contributed by atoms with Gasteiger partial charge in [-0.25, -0.2) is 0 Å². The number of rotatable bonds is 4. The van der Waals surface area contributed by atoms with Crippen molar-refractivity contribution in [2.45, 2.75) is 89.4 Å². The first-order valence-electron chi connectivity index (χ1n) is 12.0. The number of benzene rings is 1. The van der Waals surface area contributed by atoms with Crippen LogP contribution < -0.4 is 5.46 Å². The summed E-state index contributed by atoms with van der Waals surface area (Å²) in [7, 11) is -0.301. The lowest BCUT2D eigenvalue weighted by Crippen LogP contribution is -2.41. The van der Waals surface area contributed by atoms with E-state index in [9.17, 15) is 4.79 Å². The molecule has 1 aliphatic carbocycles. The monoisotopic (exact) mass is 425 g/mol. The molecule has 3 aliphatic heterocycles. The third kappa shape index (κ3) is 3.96. The summed E-state index contributed by atoms with van der Waals surface area (Å²) >= 11 is 0. The van der Waals surface area contributed by atoms with Crippen LogP contribution in [0, 0.1) is 5.41 Å². The molecule has 0 aromatic heterocycles. The van der Waals surface area contributed by atoms with Crippen LogP contribution in [0.1, 0.15) is 77.7 Å². The minimum atomic E-state index is -0.313. The van der Waals surface area contributed by atoms with Gasteiger partial charge < -0.3 is 18.9 Å². The lowest BCUT2D eigenvalue weighted by atomic mass is 9.78. The highest BCUT2D eigenvalue weighted by Crippen LogP contribution is 2.64. The molecule has 5 rings (SSSR count). The molecule has 31 heavy (non-hydrogen) atoms. The smallest absolute Gasteiger partial charge is 0.399 e. The SMILES string of the molecule is CC1(C)OB(c2ccc(C3CC34CCN(C(=O)C[C@H]3CCCO3)CC4)cc2)OC1(C)C. The molecule has 0 radical (unpaired) electrons. The summed E-state index contributed by atoms with van der Waals surface area (Å²) in [5.41, 5.74) is 2.27. The van der Waals surface area contributed by atoms with Crippen molar-refractivity contribution in [3.05, 3.63) is 29.8 Å². The Kier molecular flexibility index (Phi) is 5.27. The molecule has 1 saturated carbocycles. The Morgan fingerprint density at radius 3 is 2.29 bits per heavy atom. The van der Waals surface area contributed by atoms with E-state index >= 15 is 0 Å². The van der Waals surface area contributed by atoms with E-state index in [4.69, 9.17) is 14.0 Å². The second-order valence-electron chi connectivity index (χ2n) is 11.1. The van der Waals surface area contributed by atoms with Crippen LogP contribution in [0.25, 0.3) is 0 Å². The van der Waals surface area contributed by atoms with Crippen LogP contribution >= 0.6 is 0 Å². The molecule has 4 aliphatic rings. The van der Waals surface area contributed by atoms with Gasteiger partial charge in [0.25, 0.3) is 0 Å². The first kappa shape index (κ1) is 21.5. The Hall–Kier alpha value is -1.37. The predicted octanol–water partition coefficient (Wildman–Crippen LogP) is 3.65. The number of carbonyl (C=O) groups is 1. The number of amides is 1. The van der Waals surface area contributed by atoms with Crippen molar-refractivity contribution in [1.82, 2.24) is 4.90 Å². The van der Waals surface area contributed by atoms with Crippen LogP contribution in [-0.4, -0.2) is 54.9 Å². The summed E-state index contributed by atoms with van der Waals surface area (Å²) in [5.74, 6) is 0.904. The maximum Gasteiger partial charge on any atom is 0.494 e. The van der Waals surface area contributed by atoms with E-state index in [0.717, 1.165) is 50.8 Å². The first-order chi connectivity index (χ1) is 14.7. The minimum absolute atomic E-state index is 0.152. The van der Waals surface area contributed by atoms with Crippen molar-refractivity contribution in [3.8, 4) is 0 Å². The van der Waals surface area contributed by atoms with Gasteiger partial charge in [-0.3, -0.25) is 4.79 Å². The van der Waals surface area contributed by atoms with Gasteiger partial charge in [0.05, 0.1) is 23.7 Å². The average Bonchev–Trinajstić information content (AvgIpc) is 3.06. The standard InChI is InChI=1S/C25H36BNO4/c1-23(2)24(3,4)31-26(30-23)19-9-7-18(8-10-19)21-17-25(21)11-13-27(14-12-25)22(28)16-20-6-5-15-29-20/h7-10,20-21H,5-6,11-17H2,1-4H3/t20-,21?/m1/s1. The predicted molar refractivity (Wildman–Crippen MR) is 121 cm³/mol. The Morgan fingerprint density at radius 2 is 1.71 bits per heavy atom. The molecular formula is C25H36BNO4. The number of ether oxygens (including phenoxy) is 1. The lowest BCUT2D eigenvalue weighted by Gasteiger charge is -2.33. The third-order valence-electron chi connectivity index (χ3n) is 8.59. The lowest BCUT2D eigenvalue weighted by molar-refractivity contribution is -0.135. The summed E-state index contributed by atoms with van der Waals surface area (Å²) in [6.45, 7) is 11.0. The molecule has 168 valence electrons. The zero-order valence-electron chi connectivity index (χ0n) is 19.5. The van der Waals surface area contributed by atoms with Crippen molar-refractivity contribution in [2.24, 2.45) is 5.41 Å². The molecule has 1 aromatic carbocycles. The van der Waals surface area contributed by atoms with E-state index in [1.165, 1.54) is 12.0 Å². The highest BCUT2D eigenvalue weighted by atomic mass is 16.7. The zero-order chi connectivity index (χ0) is 21.9. The summed E-state index contributed by atoms with van der Waals surface area (Å²) < 4.78 is 18.0. The molecule has 3 heterocycles. The van der Waals surface area contributed by atoms with Gasteiger partial charge in [-0.15, -0.1) is 0 Å². The zero-order valence-corrected chi connectivity index (χ0v) is 19.5. The summed E-state index contributed by atoms with van der Waals surface area (Å²) in [6, 6.07) is 8.86. The fraction of sp³-hybridized carbons (Fsp3) is 0.720. The number of hydrogen-bond donors (Lipinski definition) is 0. The summed E-state index contributed by atoms with van der Waals surface area (Å²) in [6.07, 6.45) is 6.33. The van der Waals surface area contributed by atoms with Crippen molar-refractivity contribution >= 4 is 18.5 Å². The van der Waals surface area contributed by atoms with Crippen molar-refractivity contribution in [1.29, 1.82) is 0 Å². The number of hydrogen-bond acceptors (Lipinski definition) is 4. The molecule has 2 atom stereocenters. The van der Waals surface area contributed by atoms with E-state index in [1.54, 1.807) is 0 Å². The first-order valence-corrected chi connectivity index (χ1v) is 12.0. The molecule has 1 unspecified atom stereocenters. The number of likely N-dealkylation sites (tertiary alicyclic amines) is 1. The van der Waals surface area contributed by atoms with Crippen LogP contribution in [-0.2, 0) is 18.8 Å². The van der Waals surface area contributed by atoms with E-state index < -0.39 is 0 Å². The molecule has 6 heteroatoms. The van der Waals surface area contributed by atoms with E-state index in [2.05, 4.69) is 56.9 Å². The van der Waals surface area contributed by atoms with Gasteiger partial charge in [0.1, 0.15) is 0 Å². The minimum Gasteiger partial charge on any atom is -0.399 e. The summed E-state index contributed by atoms with van der Waals surface area (Å²) in [4.78, 5) is 14.7. The highest BCUT2D eigenvalue weighted by Gasteiger charge is 2.56. The molecule has 3 saturated heterocycles. The molecule has 1 amide bonds. The fourth-order valence-corrected chi connectivity index (χ4v) is 5.57. The van der Waals surface area contributed by atoms with Gasteiger partial charge >= 0.3 is 7.12 Å². The molecule has 1 aromatic rings. The number of piperidine rings is 1. The number of carbonyl (C=O) groups excluding carboxylic acids is 1. The van der Waals surface area contributed by atoms with Crippen LogP contribution in [0.2, 0.25) is 0 Å². The quantitative estimate of drug-likeness (QED) is 0.691. The maximum atomic E-state index is 12.6. The Balaban J connectivity index is 1.16. The third-order valence-corrected chi connectivity index (χ3v) is 8.59. The van der Waals surface area contributed by atoms with E-state index in [0.29, 0.717) is 17.8 Å². The maximum absolute atomic E-state index is 12.6. The van der Waals surface area contributed by atoms with Crippen molar-refractivity contribution in [2.75, 3.05) is 19.7 Å². The Bertz CT molecular complexity index is 806. The van der Waals surface area contributed by atoms with Gasteiger partial charge in [0, 0.05) is 19.7 Å². The average molecular weight is 425 g/mol. The van der Waals surface area contributed by atoms with Crippen molar-refractivity contribution < 1.29 is 18.8 Å². The topological polar surface area (TPSA) is 48.0 Å². The van der Waals surface area contributed by atoms with Gasteiger partial charge in [-0.1, -0.05) is 24.3 Å². The summed E-state index contributed by atoms with van der Waals surface area (Å²) in [5, 5.41) is 0. The van der Waals surface area contributed by atoms with Crippen LogP contribution in [0.4, 0.5) is 0 Å². The molecule has 0 bridgehead atoms. The molecule has 4 fully saturated rings. The fourth-order valence-electron chi connectivity index (χ4n) is 5.57.